The molecule has 0 spiro atoms. The molecule has 18 heavy (non-hydrogen) atoms. The Bertz CT molecular complexity index is 384. The van der Waals surface area contributed by atoms with Gasteiger partial charge >= 0.3 is 0 Å². The van der Waals surface area contributed by atoms with Gasteiger partial charge in [-0.25, -0.2) is 0 Å². The van der Waals surface area contributed by atoms with Crippen LogP contribution in [0.15, 0.2) is 29.2 Å². The van der Waals surface area contributed by atoms with E-state index in [9.17, 15) is 9.90 Å². The Morgan fingerprint density at radius 2 is 2.22 bits per heavy atom. The van der Waals surface area contributed by atoms with E-state index in [1.54, 1.807) is 0 Å². The molecule has 1 aromatic carbocycles. The third-order valence-corrected chi connectivity index (χ3v) is 3.52. The summed E-state index contributed by atoms with van der Waals surface area (Å²) in [7, 11) is 1.51. The van der Waals surface area contributed by atoms with Gasteiger partial charge in [-0.2, -0.15) is 0 Å². The molecule has 1 rings (SSSR count). The first-order valence-corrected chi connectivity index (χ1v) is 6.74. The van der Waals surface area contributed by atoms with Crippen LogP contribution in [0, 0.1) is 6.92 Å². The second-order valence-corrected chi connectivity index (χ2v) is 4.98. The first-order valence-electron chi connectivity index (χ1n) is 5.75. The quantitative estimate of drug-likeness (QED) is 0.731. The normalized spacial score (nSPS) is 12.2. The first kappa shape index (κ1) is 15.0. The third-order valence-electron chi connectivity index (χ3n) is 2.35. The number of ether oxygens (including phenoxy) is 1. The number of hydrogen-bond acceptors (Lipinski definition) is 4. The fraction of sp³-hybridized carbons (Fsp3) is 0.462. The first-order chi connectivity index (χ1) is 8.63. The highest BCUT2D eigenvalue weighted by Gasteiger charge is 2.07. The van der Waals surface area contributed by atoms with Crippen LogP contribution in [0.25, 0.3) is 0 Å². The zero-order valence-electron chi connectivity index (χ0n) is 10.7. The highest BCUT2D eigenvalue weighted by atomic mass is 32.2. The summed E-state index contributed by atoms with van der Waals surface area (Å²) in [4.78, 5) is 12.7. The lowest BCUT2D eigenvalue weighted by Crippen LogP contribution is -2.35. The largest absolute Gasteiger partial charge is 0.389 e. The molecule has 0 aliphatic heterocycles. The van der Waals surface area contributed by atoms with Crippen LogP contribution in [0.3, 0.4) is 0 Å². The van der Waals surface area contributed by atoms with Crippen LogP contribution in [0.1, 0.15) is 5.56 Å². The van der Waals surface area contributed by atoms with Crippen LogP contribution in [0.2, 0.25) is 0 Å². The smallest absolute Gasteiger partial charge is 0.230 e. The van der Waals surface area contributed by atoms with Crippen molar-refractivity contribution in [3.8, 4) is 0 Å². The Hall–Kier alpha value is -1.04. The average molecular weight is 269 g/mol. The number of carbonyl (C=O) groups is 1. The average Bonchev–Trinajstić information content (AvgIpc) is 2.36. The predicted molar refractivity (Wildman–Crippen MR) is 72.8 cm³/mol. The van der Waals surface area contributed by atoms with Crippen molar-refractivity contribution in [2.75, 3.05) is 26.0 Å². The maximum absolute atomic E-state index is 11.6. The topological polar surface area (TPSA) is 58.6 Å². The number of aliphatic hydroxyl groups excluding tert-OH is 1. The fourth-order valence-corrected chi connectivity index (χ4v) is 2.25. The molecule has 1 amide bonds. The van der Waals surface area contributed by atoms with E-state index >= 15 is 0 Å². The van der Waals surface area contributed by atoms with Gasteiger partial charge in [-0.3, -0.25) is 4.79 Å². The van der Waals surface area contributed by atoms with Gasteiger partial charge in [0.1, 0.15) is 0 Å². The van der Waals surface area contributed by atoms with Crippen LogP contribution < -0.4 is 5.32 Å². The van der Waals surface area contributed by atoms with Crippen LogP contribution in [0.4, 0.5) is 0 Å². The minimum Gasteiger partial charge on any atom is -0.389 e. The van der Waals surface area contributed by atoms with Crippen LogP contribution in [0.5, 0.6) is 0 Å². The summed E-state index contributed by atoms with van der Waals surface area (Å²) in [5.74, 6) is 0.267. The summed E-state index contributed by atoms with van der Waals surface area (Å²) in [6.45, 7) is 2.47. The van der Waals surface area contributed by atoms with Gasteiger partial charge in [0.05, 0.1) is 18.5 Å². The maximum Gasteiger partial charge on any atom is 0.230 e. The van der Waals surface area contributed by atoms with Crippen LogP contribution in [-0.4, -0.2) is 43.1 Å². The molecule has 0 aliphatic carbocycles. The van der Waals surface area contributed by atoms with Gasteiger partial charge in [0.15, 0.2) is 0 Å². The van der Waals surface area contributed by atoms with Gasteiger partial charge in [-0.1, -0.05) is 18.2 Å². The number of methoxy groups -OCH3 is 1. The summed E-state index contributed by atoms with van der Waals surface area (Å²) >= 11 is 1.50. The number of carbonyl (C=O) groups excluding carboxylic acids is 1. The van der Waals surface area contributed by atoms with Gasteiger partial charge in [0.2, 0.25) is 5.91 Å². The van der Waals surface area contributed by atoms with Crippen molar-refractivity contribution in [2.45, 2.75) is 17.9 Å². The molecule has 5 heteroatoms. The van der Waals surface area contributed by atoms with E-state index in [-0.39, 0.29) is 19.1 Å². The Morgan fingerprint density at radius 3 is 2.89 bits per heavy atom. The van der Waals surface area contributed by atoms with Crippen molar-refractivity contribution >= 4 is 17.7 Å². The van der Waals surface area contributed by atoms with Crippen LogP contribution >= 0.6 is 11.8 Å². The van der Waals surface area contributed by atoms with E-state index in [1.165, 1.54) is 18.9 Å². The van der Waals surface area contributed by atoms with Gasteiger partial charge in [0.25, 0.3) is 0 Å². The highest BCUT2D eigenvalue weighted by Crippen LogP contribution is 2.21. The van der Waals surface area contributed by atoms with E-state index in [0.29, 0.717) is 5.75 Å². The van der Waals surface area contributed by atoms with Gasteiger partial charge in [-0.15, -0.1) is 11.8 Å². The van der Waals surface area contributed by atoms with Crippen molar-refractivity contribution in [3.63, 3.8) is 0 Å². The highest BCUT2D eigenvalue weighted by molar-refractivity contribution is 8.00. The van der Waals surface area contributed by atoms with Gasteiger partial charge in [0, 0.05) is 18.6 Å². The number of aliphatic hydroxyl groups is 1. The molecule has 0 radical (unpaired) electrons. The van der Waals surface area contributed by atoms with E-state index < -0.39 is 6.10 Å². The zero-order valence-corrected chi connectivity index (χ0v) is 11.5. The molecule has 1 aromatic rings. The Morgan fingerprint density at radius 1 is 1.50 bits per heavy atom. The second kappa shape index (κ2) is 8.13. The molecule has 2 N–H and O–H groups in total. The summed E-state index contributed by atoms with van der Waals surface area (Å²) in [5, 5.41) is 12.0. The van der Waals surface area contributed by atoms with Crippen molar-refractivity contribution in [1.82, 2.24) is 5.32 Å². The standard InChI is InChI=1S/C13H19NO3S/c1-10-5-3-4-6-12(10)18-9-13(16)14-7-11(15)8-17-2/h3-6,11,15H,7-9H2,1-2H3,(H,14,16). The van der Waals surface area contributed by atoms with Crippen molar-refractivity contribution < 1.29 is 14.6 Å². The molecule has 1 unspecified atom stereocenters. The SMILES string of the molecule is COCC(O)CNC(=O)CSc1ccccc1C. The second-order valence-electron chi connectivity index (χ2n) is 3.97. The molecule has 0 saturated heterocycles. The number of nitrogens with one attached hydrogen (secondary N) is 1. The Labute approximate surface area is 112 Å². The number of hydrogen-bond donors (Lipinski definition) is 2. The zero-order chi connectivity index (χ0) is 13.4. The molecule has 0 fully saturated rings. The molecule has 0 saturated carbocycles. The lowest BCUT2D eigenvalue weighted by Gasteiger charge is -2.11. The minimum atomic E-state index is -0.651. The molecular weight excluding hydrogens is 250 g/mol. The summed E-state index contributed by atoms with van der Waals surface area (Å²) < 4.78 is 4.77. The van der Waals surface area contributed by atoms with Crippen LogP contribution in [-0.2, 0) is 9.53 Å². The van der Waals surface area contributed by atoms with Gasteiger partial charge in [-0.05, 0) is 18.6 Å². The number of rotatable bonds is 7. The van der Waals surface area contributed by atoms with E-state index in [1.807, 2.05) is 31.2 Å². The van der Waals surface area contributed by atoms with Gasteiger partial charge < -0.3 is 15.2 Å². The van der Waals surface area contributed by atoms with Crippen molar-refractivity contribution in [1.29, 1.82) is 0 Å². The summed E-state index contributed by atoms with van der Waals surface area (Å²) in [6.07, 6.45) is -0.651. The lowest BCUT2D eigenvalue weighted by molar-refractivity contribution is -0.119. The fourth-order valence-electron chi connectivity index (χ4n) is 1.40. The summed E-state index contributed by atoms with van der Waals surface area (Å²) in [6, 6.07) is 7.94. The van der Waals surface area contributed by atoms with Crippen molar-refractivity contribution in [2.24, 2.45) is 0 Å². The minimum absolute atomic E-state index is 0.0848. The lowest BCUT2D eigenvalue weighted by atomic mass is 10.2. The van der Waals surface area contributed by atoms with E-state index in [0.717, 1.165) is 10.5 Å². The monoisotopic (exact) mass is 269 g/mol. The maximum atomic E-state index is 11.6. The number of benzene rings is 1. The molecule has 4 nitrogen and oxygen atoms in total. The van der Waals surface area contributed by atoms with Crippen molar-refractivity contribution in [3.05, 3.63) is 29.8 Å². The molecular formula is C13H19NO3S. The predicted octanol–water partition coefficient (Wildman–Crippen LogP) is 1.21. The molecule has 1 atom stereocenters. The van der Waals surface area contributed by atoms with E-state index in [2.05, 4.69) is 5.32 Å². The molecule has 100 valence electrons. The molecule has 0 heterocycles. The molecule has 0 aromatic heterocycles. The number of aryl methyl sites for hydroxylation is 1. The Balaban J connectivity index is 2.27. The third kappa shape index (κ3) is 5.53. The summed E-state index contributed by atoms with van der Waals surface area (Å²) in [5.41, 5.74) is 1.16. The van der Waals surface area contributed by atoms with E-state index in [4.69, 9.17) is 4.74 Å². The number of amides is 1. The Kier molecular flexibility index (Phi) is 6.78. The number of thioether (sulfide) groups is 1. The molecule has 0 bridgehead atoms. The molecule has 0 aliphatic rings.